The molecule has 0 unspecified atom stereocenters. The van der Waals surface area contributed by atoms with Gasteiger partial charge in [0.15, 0.2) is 0 Å². The van der Waals surface area contributed by atoms with Gasteiger partial charge in [0.1, 0.15) is 18.1 Å². The summed E-state index contributed by atoms with van der Waals surface area (Å²) in [6, 6.07) is 31.0. The molecule has 1 aromatic heterocycles. The summed E-state index contributed by atoms with van der Waals surface area (Å²) < 4.78 is 4.70. The highest BCUT2D eigenvalue weighted by atomic mass is 15.1. The molecular weight excluding hydrogens is 460 g/mol. The summed E-state index contributed by atoms with van der Waals surface area (Å²) in [5.41, 5.74) is 13.1. The summed E-state index contributed by atoms with van der Waals surface area (Å²) in [6.45, 7) is 13.7. The quantitative estimate of drug-likeness (QED) is 0.206. The number of hydrogen-bond acceptors (Lipinski definition) is 0. The highest BCUT2D eigenvalue weighted by Crippen LogP contribution is 2.39. The SMILES string of the molecule is Cc1ccccc1-c1cccc(-c2n(-c3c(C(C)C)cc(-c4ccccc4)cc3C(C)C)cc[n+]2C)c1C. The van der Waals surface area contributed by atoms with E-state index in [0.29, 0.717) is 11.8 Å². The molecule has 0 amide bonds. The van der Waals surface area contributed by atoms with Crippen molar-refractivity contribution < 1.29 is 4.57 Å². The van der Waals surface area contributed by atoms with Crippen LogP contribution in [0.1, 0.15) is 61.8 Å². The third kappa shape index (κ3) is 4.60. The lowest BCUT2D eigenvalue weighted by molar-refractivity contribution is -0.659. The fraction of sp³-hybridized carbons (Fsp3) is 0.250. The Kier molecular flexibility index (Phi) is 7.08. The molecule has 0 N–H and O–H groups in total. The molecule has 2 nitrogen and oxygen atoms in total. The predicted octanol–water partition coefficient (Wildman–Crippen LogP) is 9.17. The van der Waals surface area contributed by atoms with E-state index in [1.807, 2.05) is 0 Å². The average Bonchev–Trinajstić information content (AvgIpc) is 3.29. The minimum atomic E-state index is 0.381. The molecule has 0 saturated heterocycles. The third-order valence-corrected chi connectivity index (χ3v) is 7.77. The van der Waals surface area contributed by atoms with Gasteiger partial charge in [-0.2, -0.15) is 4.57 Å². The van der Waals surface area contributed by atoms with E-state index < -0.39 is 0 Å². The molecule has 2 heteroatoms. The smallest absolute Gasteiger partial charge is 0.232 e. The third-order valence-electron chi connectivity index (χ3n) is 7.77. The van der Waals surface area contributed by atoms with Gasteiger partial charge in [-0.3, -0.25) is 0 Å². The zero-order chi connectivity index (χ0) is 27.0. The molecule has 5 rings (SSSR count). The Hall–Kier alpha value is -3.91. The van der Waals surface area contributed by atoms with E-state index in [1.165, 1.54) is 61.6 Å². The first kappa shape index (κ1) is 25.7. The van der Waals surface area contributed by atoms with Crippen molar-refractivity contribution in [2.24, 2.45) is 7.05 Å². The maximum Gasteiger partial charge on any atom is 0.294 e. The summed E-state index contributed by atoms with van der Waals surface area (Å²) in [6.07, 6.45) is 4.43. The van der Waals surface area contributed by atoms with Crippen LogP contribution in [0.3, 0.4) is 0 Å². The first-order valence-electron chi connectivity index (χ1n) is 13.7. The average molecular weight is 500 g/mol. The van der Waals surface area contributed by atoms with Crippen LogP contribution in [0.25, 0.3) is 39.3 Å². The molecule has 0 fully saturated rings. The van der Waals surface area contributed by atoms with Gasteiger partial charge < -0.3 is 0 Å². The van der Waals surface area contributed by atoms with Crippen molar-refractivity contribution in [2.45, 2.75) is 53.4 Å². The molecule has 0 bridgehead atoms. The van der Waals surface area contributed by atoms with Crippen LogP contribution in [0.4, 0.5) is 0 Å². The summed E-state index contributed by atoms with van der Waals surface area (Å²) in [5, 5.41) is 0. The summed E-state index contributed by atoms with van der Waals surface area (Å²) in [7, 11) is 2.16. The van der Waals surface area contributed by atoms with Crippen LogP contribution < -0.4 is 4.57 Å². The van der Waals surface area contributed by atoms with Gasteiger partial charge in [-0.1, -0.05) is 94.4 Å². The zero-order valence-corrected chi connectivity index (χ0v) is 23.8. The normalized spacial score (nSPS) is 11.5. The maximum absolute atomic E-state index is 2.43. The lowest BCUT2D eigenvalue weighted by Crippen LogP contribution is -2.29. The van der Waals surface area contributed by atoms with Crippen molar-refractivity contribution in [1.82, 2.24) is 4.57 Å². The number of rotatable bonds is 6. The Morgan fingerprint density at radius 2 is 1.21 bits per heavy atom. The minimum Gasteiger partial charge on any atom is -0.232 e. The Morgan fingerprint density at radius 3 is 1.84 bits per heavy atom. The Bertz CT molecular complexity index is 1560. The second kappa shape index (κ2) is 10.5. The topological polar surface area (TPSA) is 8.81 Å². The monoisotopic (exact) mass is 499 g/mol. The van der Waals surface area contributed by atoms with Gasteiger partial charge in [0.2, 0.25) is 0 Å². The summed E-state index contributed by atoms with van der Waals surface area (Å²) >= 11 is 0. The van der Waals surface area contributed by atoms with Gasteiger partial charge in [-0.15, -0.1) is 0 Å². The number of imidazole rings is 1. The first-order chi connectivity index (χ1) is 18.3. The molecule has 0 aliphatic heterocycles. The van der Waals surface area contributed by atoms with Crippen LogP contribution >= 0.6 is 0 Å². The van der Waals surface area contributed by atoms with Gasteiger partial charge in [0, 0.05) is 11.1 Å². The van der Waals surface area contributed by atoms with Gasteiger partial charge in [0.05, 0.1) is 12.6 Å². The number of aryl methyl sites for hydroxylation is 2. The Morgan fingerprint density at radius 1 is 0.632 bits per heavy atom. The number of hydrogen-bond donors (Lipinski definition) is 0. The van der Waals surface area contributed by atoms with Crippen molar-refractivity contribution in [3.63, 3.8) is 0 Å². The van der Waals surface area contributed by atoms with Crippen LogP contribution in [0, 0.1) is 13.8 Å². The fourth-order valence-electron chi connectivity index (χ4n) is 5.66. The lowest BCUT2D eigenvalue weighted by Gasteiger charge is -2.21. The molecule has 0 radical (unpaired) electrons. The molecule has 0 saturated carbocycles. The minimum absolute atomic E-state index is 0.381. The van der Waals surface area contributed by atoms with Gasteiger partial charge in [0.25, 0.3) is 5.82 Å². The van der Waals surface area contributed by atoms with Crippen LogP contribution in [0.15, 0.2) is 97.3 Å². The van der Waals surface area contributed by atoms with Crippen LogP contribution in [0.2, 0.25) is 0 Å². The zero-order valence-electron chi connectivity index (χ0n) is 23.8. The van der Waals surface area contributed by atoms with Gasteiger partial charge in [-0.05, 0) is 77.3 Å². The van der Waals surface area contributed by atoms with E-state index in [2.05, 4.69) is 155 Å². The largest absolute Gasteiger partial charge is 0.294 e. The molecule has 0 aliphatic rings. The Balaban J connectivity index is 1.77. The molecule has 5 aromatic rings. The molecule has 4 aromatic carbocycles. The van der Waals surface area contributed by atoms with Gasteiger partial charge in [-0.25, -0.2) is 4.57 Å². The maximum atomic E-state index is 2.43. The molecule has 0 spiro atoms. The molecule has 38 heavy (non-hydrogen) atoms. The van der Waals surface area contributed by atoms with Crippen LogP contribution in [-0.4, -0.2) is 4.57 Å². The Labute approximate surface area is 228 Å². The van der Waals surface area contributed by atoms with Crippen molar-refractivity contribution in [3.8, 4) is 39.3 Å². The van der Waals surface area contributed by atoms with E-state index in [9.17, 15) is 0 Å². The molecule has 0 aliphatic carbocycles. The van der Waals surface area contributed by atoms with E-state index >= 15 is 0 Å². The highest BCUT2D eigenvalue weighted by Gasteiger charge is 2.28. The second-order valence-electron chi connectivity index (χ2n) is 11.1. The first-order valence-corrected chi connectivity index (χ1v) is 13.7. The number of nitrogens with zero attached hydrogens (tertiary/aromatic N) is 2. The van der Waals surface area contributed by atoms with Crippen molar-refractivity contribution >= 4 is 0 Å². The predicted molar refractivity (Wildman–Crippen MR) is 161 cm³/mol. The van der Waals surface area contributed by atoms with E-state index in [0.717, 1.165) is 0 Å². The van der Waals surface area contributed by atoms with E-state index in [1.54, 1.807) is 0 Å². The molecular formula is C36H39N2+. The fourth-order valence-corrected chi connectivity index (χ4v) is 5.66. The molecule has 192 valence electrons. The van der Waals surface area contributed by atoms with Crippen LogP contribution in [-0.2, 0) is 7.05 Å². The van der Waals surface area contributed by atoms with Crippen molar-refractivity contribution in [2.75, 3.05) is 0 Å². The number of benzene rings is 4. The standard InChI is InChI=1S/C36H39N2/c1-24(2)33-22-29(28-15-9-8-10-16-28)23-34(25(3)4)35(33)38-21-20-37(7)36(38)32-19-13-18-31(27(32)6)30-17-12-11-14-26(30)5/h8-25H,1-7H3/q+1. The summed E-state index contributed by atoms with van der Waals surface area (Å²) in [5.74, 6) is 1.96. The highest BCUT2D eigenvalue weighted by molar-refractivity contribution is 5.78. The molecule has 0 atom stereocenters. The van der Waals surface area contributed by atoms with Crippen molar-refractivity contribution in [1.29, 1.82) is 0 Å². The van der Waals surface area contributed by atoms with Gasteiger partial charge >= 0.3 is 0 Å². The lowest BCUT2D eigenvalue weighted by atomic mass is 9.88. The molecule has 1 heterocycles. The second-order valence-corrected chi connectivity index (χ2v) is 11.1. The van der Waals surface area contributed by atoms with E-state index in [4.69, 9.17) is 0 Å². The van der Waals surface area contributed by atoms with Crippen LogP contribution in [0.5, 0.6) is 0 Å². The summed E-state index contributed by atoms with van der Waals surface area (Å²) in [4.78, 5) is 0. The van der Waals surface area contributed by atoms with Crippen molar-refractivity contribution in [3.05, 3.63) is 120 Å². The van der Waals surface area contributed by atoms with E-state index in [-0.39, 0.29) is 0 Å². The number of aromatic nitrogens is 2.